The third-order valence-electron chi connectivity index (χ3n) is 3.48. The van der Waals surface area contributed by atoms with Crippen molar-refractivity contribution in [2.45, 2.75) is 11.8 Å². The standard InChI is InChI=1S/C17H13ClN2O3S2.C3H6/c1-25(22,23)13-6-7-14(15(18)8-13)17(21)20-12-4-2-11(3-5-12)16-9-24-10-19-16;1-3-2/h2-10H,1H3,(H,20,21);3H,1H2,2H3. The van der Waals surface area contributed by atoms with Gasteiger partial charge in [-0.3, -0.25) is 4.79 Å². The van der Waals surface area contributed by atoms with Gasteiger partial charge >= 0.3 is 0 Å². The van der Waals surface area contributed by atoms with E-state index in [0.717, 1.165) is 17.5 Å². The SMILES string of the molecule is C=CC.CS(=O)(=O)c1ccc(C(=O)Nc2ccc(-c3cscn3)cc2)c(Cl)c1. The Balaban J connectivity index is 0.000000878. The van der Waals surface area contributed by atoms with Gasteiger partial charge in [-0.1, -0.05) is 29.8 Å². The van der Waals surface area contributed by atoms with E-state index in [2.05, 4.69) is 16.9 Å². The molecule has 0 aliphatic heterocycles. The van der Waals surface area contributed by atoms with Crippen LogP contribution in [0.2, 0.25) is 5.02 Å². The molecule has 8 heteroatoms. The summed E-state index contributed by atoms with van der Waals surface area (Å²) < 4.78 is 23.0. The normalized spacial score (nSPS) is 10.5. The molecule has 0 saturated heterocycles. The van der Waals surface area contributed by atoms with Gasteiger partial charge in [0.1, 0.15) is 0 Å². The number of hydrogen-bond donors (Lipinski definition) is 1. The minimum Gasteiger partial charge on any atom is -0.322 e. The first-order chi connectivity index (χ1) is 13.3. The van der Waals surface area contributed by atoms with E-state index in [1.165, 1.54) is 29.5 Å². The van der Waals surface area contributed by atoms with E-state index in [1.807, 2.05) is 24.4 Å². The molecule has 146 valence electrons. The predicted molar refractivity (Wildman–Crippen MR) is 116 cm³/mol. The summed E-state index contributed by atoms with van der Waals surface area (Å²) in [5.41, 5.74) is 4.40. The van der Waals surface area contributed by atoms with Gasteiger partial charge in [0.15, 0.2) is 9.84 Å². The molecular weight excluding hydrogens is 416 g/mol. The Morgan fingerprint density at radius 3 is 2.36 bits per heavy atom. The number of anilines is 1. The predicted octanol–water partition coefficient (Wildman–Crippen LogP) is 5.31. The molecule has 1 amide bonds. The van der Waals surface area contributed by atoms with Crippen LogP contribution in [0.1, 0.15) is 17.3 Å². The maximum atomic E-state index is 12.4. The highest BCUT2D eigenvalue weighted by molar-refractivity contribution is 7.90. The third kappa shape index (κ3) is 5.76. The van der Waals surface area contributed by atoms with Crippen molar-refractivity contribution < 1.29 is 13.2 Å². The van der Waals surface area contributed by atoms with Crippen molar-refractivity contribution in [2.24, 2.45) is 0 Å². The maximum absolute atomic E-state index is 12.4. The second-order valence-corrected chi connectivity index (χ2v) is 8.87. The molecule has 28 heavy (non-hydrogen) atoms. The molecule has 1 heterocycles. The summed E-state index contributed by atoms with van der Waals surface area (Å²) in [6.45, 7) is 5.25. The molecule has 1 N–H and O–H groups in total. The van der Waals surface area contributed by atoms with Gasteiger partial charge in [0.25, 0.3) is 5.91 Å². The Kier molecular flexibility index (Phi) is 7.51. The highest BCUT2D eigenvalue weighted by atomic mass is 35.5. The van der Waals surface area contributed by atoms with Crippen LogP contribution < -0.4 is 5.32 Å². The van der Waals surface area contributed by atoms with E-state index in [0.29, 0.717) is 5.69 Å². The Hall–Kier alpha value is -2.48. The number of thiazole rings is 1. The van der Waals surface area contributed by atoms with Gasteiger partial charge in [-0.05, 0) is 37.3 Å². The number of halogens is 1. The zero-order valence-electron chi connectivity index (χ0n) is 15.3. The van der Waals surface area contributed by atoms with Crippen molar-refractivity contribution in [3.8, 4) is 11.3 Å². The molecular formula is C20H19ClN2O3S2. The van der Waals surface area contributed by atoms with Crippen LogP contribution in [-0.2, 0) is 9.84 Å². The third-order valence-corrected chi connectivity index (χ3v) is 5.49. The molecule has 3 aromatic rings. The molecule has 3 rings (SSSR count). The number of rotatable bonds is 4. The van der Waals surface area contributed by atoms with Gasteiger partial charge in [0.05, 0.1) is 26.7 Å². The van der Waals surface area contributed by atoms with Crippen LogP contribution in [0, 0.1) is 0 Å². The first-order valence-electron chi connectivity index (χ1n) is 8.13. The van der Waals surface area contributed by atoms with Gasteiger partial charge in [-0.25, -0.2) is 13.4 Å². The summed E-state index contributed by atoms with van der Waals surface area (Å²) in [7, 11) is -3.37. The van der Waals surface area contributed by atoms with Crippen LogP contribution in [0.15, 0.2) is 70.9 Å². The van der Waals surface area contributed by atoms with Gasteiger partial charge in [0, 0.05) is 22.9 Å². The number of sulfone groups is 1. The minimum absolute atomic E-state index is 0.0710. The number of carbonyl (C=O) groups is 1. The van der Waals surface area contributed by atoms with Crippen molar-refractivity contribution in [3.63, 3.8) is 0 Å². The van der Waals surface area contributed by atoms with Crippen LogP contribution in [-0.4, -0.2) is 25.6 Å². The smallest absolute Gasteiger partial charge is 0.257 e. The fourth-order valence-corrected chi connectivity index (χ4v) is 3.73. The van der Waals surface area contributed by atoms with Crippen molar-refractivity contribution >= 4 is 44.4 Å². The lowest BCUT2D eigenvalue weighted by Gasteiger charge is -2.08. The van der Waals surface area contributed by atoms with Crippen molar-refractivity contribution in [1.29, 1.82) is 0 Å². The highest BCUT2D eigenvalue weighted by Gasteiger charge is 2.15. The zero-order chi connectivity index (χ0) is 20.7. The highest BCUT2D eigenvalue weighted by Crippen LogP contribution is 2.24. The number of allylic oxidation sites excluding steroid dienone is 1. The largest absolute Gasteiger partial charge is 0.322 e. The molecule has 0 aliphatic carbocycles. The fourth-order valence-electron chi connectivity index (χ4n) is 2.19. The van der Waals surface area contributed by atoms with E-state index in [9.17, 15) is 13.2 Å². The summed E-state index contributed by atoms with van der Waals surface area (Å²) in [6.07, 6.45) is 2.84. The van der Waals surface area contributed by atoms with Crippen LogP contribution >= 0.6 is 22.9 Å². The number of amides is 1. The number of nitrogens with zero attached hydrogens (tertiary/aromatic N) is 1. The molecule has 0 fully saturated rings. The number of benzene rings is 2. The van der Waals surface area contributed by atoms with Gasteiger partial charge in [0.2, 0.25) is 0 Å². The molecule has 0 saturated carbocycles. The average Bonchev–Trinajstić information content (AvgIpc) is 3.17. The van der Waals surface area contributed by atoms with Crippen LogP contribution in [0.5, 0.6) is 0 Å². The van der Waals surface area contributed by atoms with Gasteiger partial charge in [-0.15, -0.1) is 17.9 Å². The van der Waals surface area contributed by atoms with Crippen LogP contribution in [0.3, 0.4) is 0 Å². The van der Waals surface area contributed by atoms with Crippen molar-refractivity contribution in [1.82, 2.24) is 4.98 Å². The summed E-state index contributed by atoms with van der Waals surface area (Å²) in [5, 5.41) is 4.76. The van der Waals surface area contributed by atoms with Gasteiger partial charge in [-0.2, -0.15) is 0 Å². The minimum atomic E-state index is -3.37. The molecule has 0 unspecified atom stereocenters. The first-order valence-corrected chi connectivity index (χ1v) is 11.3. The first kappa shape index (κ1) is 21.8. The van der Waals surface area contributed by atoms with E-state index in [-0.39, 0.29) is 15.5 Å². The molecule has 0 atom stereocenters. The molecule has 0 bridgehead atoms. The molecule has 0 spiro atoms. The quantitative estimate of drug-likeness (QED) is 0.564. The second kappa shape index (κ2) is 9.64. The van der Waals surface area contributed by atoms with E-state index in [1.54, 1.807) is 23.7 Å². The Morgan fingerprint density at radius 2 is 1.86 bits per heavy atom. The van der Waals surface area contributed by atoms with Crippen molar-refractivity contribution in [2.75, 3.05) is 11.6 Å². The van der Waals surface area contributed by atoms with E-state index >= 15 is 0 Å². The maximum Gasteiger partial charge on any atom is 0.257 e. The summed E-state index contributed by atoms with van der Waals surface area (Å²) in [6, 6.07) is 11.3. The average molecular weight is 435 g/mol. The molecule has 0 aliphatic rings. The number of carbonyl (C=O) groups excluding carboxylic acids is 1. The monoisotopic (exact) mass is 434 g/mol. The van der Waals surface area contributed by atoms with Crippen LogP contribution in [0.25, 0.3) is 11.3 Å². The Labute approximate surface area is 173 Å². The topological polar surface area (TPSA) is 76.1 Å². The summed E-state index contributed by atoms with van der Waals surface area (Å²) >= 11 is 7.57. The molecule has 0 radical (unpaired) electrons. The summed E-state index contributed by atoms with van der Waals surface area (Å²) in [5.74, 6) is -0.411. The van der Waals surface area contributed by atoms with Crippen LogP contribution in [0.4, 0.5) is 5.69 Å². The molecule has 2 aromatic carbocycles. The van der Waals surface area contributed by atoms with E-state index in [4.69, 9.17) is 11.6 Å². The number of hydrogen-bond acceptors (Lipinski definition) is 5. The second-order valence-electron chi connectivity index (χ2n) is 5.73. The fraction of sp³-hybridized carbons (Fsp3) is 0.100. The molecule has 1 aromatic heterocycles. The van der Waals surface area contributed by atoms with Crippen molar-refractivity contribution in [3.05, 3.63) is 76.6 Å². The zero-order valence-corrected chi connectivity index (χ0v) is 17.7. The molecule has 5 nitrogen and oxygen atoms in total. The number of aromatic nitrogens is 1. The lowest BCUT2D eigenvalue weighted by atomic mass is 10.1. The van der Waals surface area contributed by atoms with E-state index < -0.39 is 15.7 Å². The Bertz CT molecular complexity index is 1060. The number of nitrogens with one attached hydrogen (secondary N) is 1. The Morgan fingerprint density at radius 1 is 1.21 bits per heavy atom. The summed E-state index contributed by atoms with van der Waals surface area (Å²) in [4.78, 5) is 16.7. The van der Waals surface area contributed by atoms with Gasteiger partial charge < -0.3 is 5.32 Å². The lowest BCUT2D eigenvalue weighted by molar-refractivity contribution is 0.102. The lowest BCUT2D eigenvalue weighted by Crippen LogP contribution is -2.13.